The van der Waals surface area contributed by atoms with E-state index in [2.05, 4.69) is 19.2 Å². The van der Waals surface area contributed by atoms with Crippen molar-refractivity contribution >= 4 is 12.1 Å². The molecule has 1 aliphatic rings. The van der Waals surface area contributed by atoms with Crippen molar-refractivity contribution < 1.29 is 19.1 Å². The van der Waals surface area contributed by atoms with Gasteiger partial charge in [0.2, 0.25) is 0 Å². The Hall–Kier alpha value is -1.26. The molecule has 0 bridgehead atoms. The molecule has 1 saturated carbocycles. The number of carbonyl (C=O) groups excluding carboxylic acids is 2. The lowest BCUT2D eigenvalue weighted by Crippen LogP contribution is -2.46. The van der Waals surface area contributed by atoms with E-state index in [4.69, 9.17) is 9.47 Å². The third-order valence-corrected chi connectivity index (χ3v) is 6.82. The largest absolute Gasteiger partial charge is 0.465 e. The molecule has 0 aromatic carbocycles. The summed E-state index contributed by atoms with van der Waals surface area (Å²) in [5, 5.41) is 2.90. The normalized spacial score (nSPS) is 17.9. The molecular weight excluding hydrogens is 426 g/mol. The first kappa shape index (κ1) is 30.8. The Morgan fingerprint density at radius 2 is 1.32 bits per heavy atom. The maximum atomic E-state index is 12.4. The molecule has 0 aromatic heterocycles. The lowest BCUT2D eigenvalue weighted by molar-refractivity contribution is -0.147. The van der Waals surface area contributed by atoms with Crippen molar-refractivity contribution in [2.24, 2.45) is 11.8 Å². The van der Waals surface area contributed by atoms with E-state index in [0.29, 0.717) is 24.9 Å². The van der Waals surface area contributed by atoms with Gasteiger partial charge < -0.3 is 14.8 Å². The Balaban J connectivity index is 2.25. The van der Waals surface area contributed by atoms with Gasteiger partial charge in [-0.1, -0.05) is 90.9 Å². The first-order chi connectivity index (χ1) is 16.2. The van der Waals surface area contributed by atoms with Crippen LogP contribution in [0.15, 0.2) is 0 Å². The molecule has 1 rings (SSSR count). The fourth-order valence-corrected chi connectivity index (χ4v) is 4.74. The SMILES string of the molecule is CCCCCCCCC(CCCCCCCC)COC(=O)CC1CC(NC(=O)OC(C)(C)C)C1. The quantitative estimate of drug-likeness (QED) is 0.149. The Morgan fingerprint density at radius 1 is 0.824 bits per heavy atom. The number of alkyl carbamates (subject to hydrolysis) is 1. The first-order valence-electron chi connectivity index (χ1n) is 14.4. The minimum atomic E-state index is -0.488. The Bertz CT molecular complexity index is 521. The molecule has 0 saturated heterocycles. The van der Waals surface area contributed by atoms with E-state index in [9.17, 15) is 9.59 Å². The Labute approximate surface area is 210 Å². The molecule has 1 aliphatic carbocycles. The van der Waals surface area contributed by atoms with Gasteiger partial charge in [-0.05, 0) is 58.3 Å². The number of hydrogen-bond donors (Lipinski definition) is 1. The standard InChI is InChI=1S/C29H55NO4/c1-6-8-10-12-14-16-18-24(19-17-15-13-11-9-7-2)23-33-27(31)22-25-20-26(21-25)30-28(32)34-29(3,4)5/h24-26H,6-23H2,1-5H3,(H,30,32). The van der Waals surface area contributed by atoms with Gasteiger partial charge in [-0.25, -0.2) is 4.79 Å². The highest BCUT2D eigenvalue weighted by molar-refractivity contribution is 5.70. The number of unbranched alkanes of at least 4 members (excludes halogenated alkanes) is 10. The van der Waals surface area contributed by atoms with Crippen molar-refractivity contribution in [2.75, 3.05) is 6.61 Å². The molecule has 0 atom stereocenters. The Morgan fingerprint density at radius 3 is 1.82 bits per heavy atom. The maximum Gasteiger partial charge on any atom is 0.407 e. The summed E-state index contributed by atoms with van der Waals surface area (Å²) >= 11 is 0. The van der Waals surface area contributed by atoms with Gasteiger partial charge in [-0.3, -0.25) is 4.79 Å². The molecule has 34 heavy (non-hydrogen) atoms. The molecular formula is C29H55NO4. The van der Waals surface area contributed by atoms with Crippen LogP contribution in [0.2, 0.25) is 0 Å². The average molecular weight is 482 g/mol. The molecule has 0 aromatic rings. The van der Waals surface area contributed by atoms with E-state index >= 15 is 0 Å². The summed E-state index contributed by atoms with van der Waals surface area (Å²) in [7, 11) is 0. The first-order valence-corrected chi connectivity index (χ1v) is 14.4. The number of nitrogens with one attached hydrogen (secondary N) is 1. The molecule has 1 N–H and O–H groups in total. The zero-order chi connectivity index (χ0) is 25.2. The van der Waals surface area contributed by atoms with Gasteiger partial charge in [0, 0.05) is 12.5 Å². The molecule has 0 radical (unpaired) electrons. The van der Waals surface area contributed by atoms with Crippen LogP contribution in [0.1, 0.15) is 144 Å². The number of hydrogen-bond acceptors (Lipinski definition) is 4. The number of rotatable bonds is 19. The number of carbonyl (C=O) groups is 2. The van der Waals surface area contributed by atoms with Crippen molar-refractivity contribution in [2.45, 2.75) is 155 Å². The number of ether oxygens (including phenoxy) is 2. The zero-order valence-corrected chi connectivity index (χ0v) is 23.1. The van der Waals surface area contributed by atoms with Gasteiger partial charge in [-0.15, -0.1) is 0 Å². The van der Waals surface area contributed by atoms with E-state index in [1.54, 1.807) is 0 Å². The van der Waals surface area contributed by atoms with Crippen LogP contribution in [0, 0.1) is 11.8 Å². The molecule has 5 nitrogen and oxygen atoms in total. The molecule has 200 valence electrons. The highest BCUT2D eigenvalue weighted by Gasteiger charge is 2.33. The molecule has 0 aliphatic heterocycles. The van der Waals surface area contributed by atoms with Crippen LogP contribution >= 0.6 is 0 Å². The summed E-state index contributed by atoms with van der Waals surface area (Å²) < 4.78 is 11.0. The summed E-state index contributed by atoms with van der Waals surface area (Å²) in [5.74, 6) is 0.740. The lowest BCUT2D eigenvalue weighted by Gasteiger charge is -2.35. The van der Waals surface area contributed by atoms with Gasteiger partial charge in [0.05, 0.1) is 6.61 Å². The van der Waals surface area contributed by atoms with Gasteiger partial charge >= 0.3 is 12.1 Å². The maximum absolute atomic E-state index is 12.4. The predicted octanol–water partition coefficient (Wildman–Crippen LogP) is 8.34. The minimum Gasteiger partial charge on any atom is -0.465 e. The summed E-state index contributed by atoms with van der Waals surface area (Å²) in [4.78, 5) is 24.3. The third-order valence-electron chi connectivity index (χ3n) is 6.82. The van der Waals surface area contributed by atoms with E-state index in [1.807, 2.05) is 20.8 Å². The van der Waals surface area contributed by atoms with E-state index < -0.39 is 5.60 Å². The van der Waals surface area contributed by atoms with E-state index in [-0.39, 0.29) is 18.1 Å². The second-order valence-electron chi connectivity index (χ2n) is 11.5. The topological polar surface area (TPSA) is 64.6 Å². The molecule has 5 heteroatoms. The van der Waals surface area contributed by atoms with Crippen molar-refractivity contribution in [3.63, 3.8) is 0 Å². The zero-order valence-electron chi connectivity index (χ0n) is 23.1. The molecule has 0 heterocycles. The van der Waals surface area contributed by atoms with Crippen LogP contribution in [0.3, 0.4) is 0 Å². The average Bonchev–Trinajstić information content (AvgIpc) is 2.73. The van der Waals surface area contributed by atoms with E-state index in [0.717, 1.165) is 12.8 Å². The second-order valence-corrected chi connectivity index (χ2v) is 11.5. The summed E-state index contributed by atoms with van der Waals surface area (Å²) in [6.07, 6.45) is 19.8. The van der Waals surface area contributed by atoms with Crippen molar-refractivity contribution in [3.8, 4) is 0 Å². The van der Waals surface area contributed by atoms with Crippen molar-refractivity contribution in [1.82, 2.24) is 5.32 Å². The van der Waals surface area contributed by atoms with Gasteiger partial charge in [0.15, 0.2) is 0 Å². The van der Waals surface area contributed by atoms with Crippen molar-refractivity contribution in [3.05, 3.63) is 0 Å². The van der Waals surface area contributed by atoms with Crippen LogP contribution in [-0.4, -0.2) is 30.3 Å². The fourth-order valence-electron chi connectivity index (χ4n) is 4.74. The van der Waals surface area contributed by atoms with Gasteiger partial charge in [-0.2, -0.15) is 0 Å². The number of esters is 1. The van der Waals surface area contributed by atoms with Gasteiger partial charge in [0.1, 0.15) is 5.60 Å². The molecule has 1 fully saturated rings. The third kappa shape index (κ3) is 16.4. The predicted molar refractivity (Wildman–Crippen MR) is 141 cm³/mol. The van der Waals surface area contributed by atoms with Crippen LogP contribution in [0.4, 0.5) is 4.79 Å². The minimum absolute atomic E-state index is 0.0726. The lowest BCUT2D eigenvalue weighted by atomic mass is 9.78. The monoisotopic (exact) mass is 481 g/mol. The fraction of sp³-hybridized carbons (Fsp3) is 0.931. The smallest absolute Gasteiger partial charge is 0.407 e. The van der Waals surface area contributed by atoms with Crippen LogP contribution in [-0.2, 0) is 14.3 Å². The van der Waals surface area contributed by atoms with Crippen LogP contribution < -0.4 is 5.32 Å². The van der Waals surface area contributed by atoms with Crippen LogP contribution in [0.5, 0.6) is 0 Å². The summed E-state index contributed by atoms with van der Waals surface area (Å²) in [6.45, 7) is 10.7. The molecule has 1 amide bonds. The number of amides is 1. The second kappa shape index (κ2) is 18.1. The van der Waals surface area contributed by atoms with Crippen LogP contribution in [0.25, 0.3) is 0 Å². The highest BCUT2D eigenvalue weighted by Crippen LogP contribution is 2.31. The summed E-state index contributed by atoms with van der Waals surface area (Å²) in [6, 6.07) is 0.112. The highest BCUT2D eigenvalue weighted by atomic mass is 16.6. The van der Waals surface area contributed by atoms with Gasteiger partial charge in [0.25, 0.3) is 0 Å². The molecule has 0 unspecified atom stereocenters. The summed E-state index contributed by atoms with van der Waals surface area (Å²) in [5.41, 5.74) is -0.488. The molecule has 0 spiro atoms. The van der Waals surface area contributed by atoms with E-state index in [1.165, 1.54) is 89.9 Å². The van der Waals surface area contributed by atoms with Crippen molar-refractivity contribution in [1.29, 1.82) is 0 Å². The Kier molecular flexibility index (Phi) is 16.4.